The Balaban J connectivity index is 1.21. The van der Waals surface area contributed by atoms with Crippen LogP contribution in [0.5, 0.6) is 11.5 Å². The van der Waals surface area contributed by atoms with Crippen molar-refractivity contribution in [3.05, 3.63) is 23.8 Å². The first-order valence-corrected chi connectivity index (χ1v) is 13.2. The van der Waals surface area contributed by atoms with Gasteiger partial charge in [-0.1, -0.05) is 39.5 Å². The summed E-state index contributed by atoms with van der Waals surface area (Å²) in [7, 11) is 0. The van der Waals surface area contributed by atoms with E-state index in [-0.39, 0.29) is 11.5 Å². The molecule has 0 amide bonds. The second-order valence-electron chi connectivity index (χ2n) is 11.2. The maximum Gasteiger partial charge on any atom is 0.204 e. The fraction of sp³-hybridized carbons (Fsp3) is 0.786. The molecule has 2 nitrogen and oxygen atoms in total. The first-order valence-electron chi connectivity index (χ1n) is 13.2. The molecule has 32 heavy (non-hydrogen) atoms. The van der Waals surface area contributed by atoms with Gasteiger partial charge in [-0.2, -0.15) is 8.78 Å². The van der Waals surface area contributed by atoms with E-state index in [1.807, 2.05) is 0 Å². The summed E-state index contributed by atoms with van der Waals surface area (Å²) >= 11 is 0. The van der Waals surface area contributed by atoms with E-state index < -0.39 is 11.6 Å². The van der Waals surface area contributed by atoms with Gasteiger partial charge < -0.3 is 9.47 Å². The summed E-state index contributed by atoms with van der Waals surface area (Å²) in [5.74, 6) is 2.52. The number of rotatable bonds is 7. The molecule has 0 aliphatic heterocycles. The molecule has 1 aromatic carbocycles. The molecule has 3 fully saturated rings. The van der Waals surface area contributed by atoms with E-state index >= 15 is 0 Å². The van der Waals surface area contributed by atoms with Gasteiger partial charge in [0.2, 0.25) is 11.6 Å². The van der Waals surface area contributed by atoms with Gasteiger partial charge in [-0.25, -0.2) is 0 Å². The maximum atomic E-state index is 14.6. The van der Waals surface area contributed by atoms with Gasteiger partial charge in [-0.3, -0.25) is 0 Å². The minimum atomic E-state index is -0.915. The van der Waals surface area contributed by atoms with Crippen molar-refractivity contribution >= 4 is 0 Å². The van der Waals surface area contributed by atoms with Gasteiger partial charge in [0.25, 0.3) is 0 Å². The number of hydrogen-bond acceptors (Lipinski definition) is 2. The largest absolute Gasteiger partial charge is 0.490 e. The van der Waals surface area contributed by atoms with E-state index in [2.05, 4.69) is 13.8 Å². The topological polar surface area (TPSA) is 18.5 Å². The summed E-state index contributed by atoms with van der Waals surface area (Å²) in [6.45, 7) is 5.59. The number of halogens is 2. The molecule has 0 aromatic heterocycles. The molecule has 4 rings (SSSR count). The van der Waals surface area contributed by atoms with E-state index in [1.165, 1.54) is 63.5 Å². The Bertz CT molecular complexity index is 712. The molecule has 0 heterocycles. The molecule has 0 atom stereocenters. The summed E-state index contributed by atoms with van der Waals surface area (Å²) in [4.78, 5) is 0. The van der Waals surface area contributed by atoms with Crippen LogP contribution in [0.15, 0.2) is 12.1 Å². The fourth-order valence-corrected chi connectivity index (χ4v) is 6.23. The average molecular weight is 449 g/mol. The quantitative estimate of drug-likeness (QED) is 0.419. The predicted molar refractivity (Wildman–Crippen MR) is 125 cm³/mol. The third kappa shape index (κ3) is 6.17. The van der Waals surface area contributed by atoms with Crippen LogP contribution in [0.3, 0.4) is 0 Å². The van der Waals surface area contributed by atoms with Crippen molar-refractivity contribution in [1.82, 2.24) is 0 Å². The van der Waals surface area contributed by atoms with E-state index in [0.717, 1.165) is 49.4 Å². The van der Waals surface area contributed by atoms with Crippen molar-refractivity contribution in [3.8, 4) is 11.5 Å². The zero-order valence-corrected chi connectivity index (χ0v) is 20.1. The lowest BCUT2D eigenvalue weighted by molar-refractivity contribution is 0.124. The van der Waals surface area contributed by atoms with Crippen molar-refractivity contribution in [3.63, 3.8) is 0 Å². The van der Waals surface area contributed by atoms with E-state index in [1.54, 1.807) is 0 Å². The van der Waals surface area contributed by atoms with Crippen LogP contribution in [0.4, 0.5) is 8.78 Å². The zero-order valence-electron chi connectivity index (χ0n) is 20.1. The van der Waals surface area contributed by atoms with Crippen molar-refractivity contribution in [2.75, 3.05) is 13.2 Å². The van der Waals surface area contributed by atoms with E-state index in [4.69, 9.17) is 9.47 Å². The number of benzene rings is 1. The van der Waals surface area contributed by atoms with Crippen molar-refractivity contribution < 1.29 is 18.3 Å². The molecule has 4 heteroatoms. The van der Waals surface area contributed by atoms with E-state index in [9.17, 15) is 8.78 Å². The molecule has 0 radical (unpaired) electrons. The average Bonchev–Trinajstić information content (AvgIpc) is 2.81. The maximum absolute atomic E-state index is 14.6. The molecule has 3 saturated carbocycles. The summed E-state index contributed by atoms with van der Waals surface area (Å²) in [5.41, 5.74) is 0. The fourth-order valence-electron chi connectivity index (χ4n) is 6.23. The lowest BCUT2D eigenvalue weighted by atomic mass is 9.69. The summed E-state index contributed by atoms with van der Waals surface area (Å²) in [6, 6.07) is 3.06. The molecule has 3 aliphatic rings. The SMILES string of the molecule is CC1CCC(COc2ccc(OCC3CCC(C4CCC(C)CC4)CC3)c(F)c2F)CC1. The Hall–Kier alpha value is -1.32. The summed E-state index contributed by atoms with van der Waals surface area (Å²) < 4.78 is 40.5. The van der Waals surface area contributed by atoms with Crippen LogP contribution in [-0.4, -0.2) is 13.2 Å². The minimum absolute atomic E-state index is 0.00998. The third-order valence-corrected chi connectivity index (χ3v) is 8.71. The first-order chi connectivity index (χ1) is 15.5. The minimum Gasteiger partial charge on any atom is -0.490 e. The molecule has 0 bridgehead atoms. The van der Waals surface area contributed by atoms with Gasteiger partial charge in [0, 0.05) is 0 Å². The Labute approximate surface area is 193 Å². The molecule has 0 N–H and O–H groups in total. The summed E-state index contributed by atoms with van der Waals surface area (Å²) in [5, 5.41) is 0. The van der Waals surface area contributed by atoms with E-state index in [0.29, 0.717) is 25.0 Å². The molecule has 0 saturated heterocycles. The Morgan fingerprint density at radius 3 is 1.38 bits per heavy atom. The first kappa shape index (κ1) is 23.8. The highest BCUT2D eigenvalue weighted by Crippen LogP contribution is 2.41. The monoisotopic (exact) mass is 448 g/mol. The highest BCUT2D eigenvalue weighted by Gasteiger charge is 2.30. The Kier molecular flexibility index (Phi) is 8.34. The highest BCUT2D eigenvalue weighted by atomic mass is 19.2. The van der Waals surface area contributed by atoms with Crippen LogP contribution in [0.1, 0.15) is 90.9 Å². The van der Waals surface area contributed by atoms with Gasteiger partial charge >= 0.3 is 0 Å². The van der Waals surface area contributed by atoms with Crippen molar-refractivity contribution in [2.24, 2.45) is 35.5 Å². The van der Waals surface area contributed by atoms with Crippen LogP contribution < -0.4 is 9.47 Å². The van der Waals surface area contributed by atoms with Gasteiger partial charge in [-0.05, 0) is 99.0 Å². The number of hydrogen-bond donors (Lipinski definition) is 0. The van der Waals surface area contributed by atoms with Crippen LogP contribution in [-0.2, 0) is 0 Å². The lowest BCUT2D eigenvalue weighted by Crippen LogP contribution is -2.27. The molecule has 180 valence electrons. The summed E-state index contributed by atoms with van der Waals surface area (Å²) in [6.07, 6.45) is 15.0. The normalized spacial score (nSPS) is 33.6. The van der Waals surface area contributed by atoms with Crippen molar-refractivity contribution in [1.29, 1.82) is 0 Å². The molecule has 0 spiro atoms. The molecular weight excluding hydrogens is 406 g/mol. The molecular formula is C28H42F2O2. The second kappa shape index (κ2) is 11.2. The number of ether oxygens (including phenoxy) is 2. The zero-order chi connectivity index (χ0) is 22.5. The van der Waals surface area contributed by atoms with Crippen molar-refractivity contribution in [2.45, 2.75) is 90.9 Å². The van der Waals surface area contributed by atoms with Gasteiger partial charge in [-0.15, -0.1) is 0 Å². The standard InChI is InChI=1S/C28H42F2O2/c1-19-3-7-21(8-4-19)17-31-25-15-16-26(28(30)27(25)29)32-18-22-9-13-24(14-10-22)23-11-5-20(2)6-12-23/h15-16,19-24H,3-14,17-18H2,1-2H3. The molecule has 1 aromatic rings. The second-order valence-corrected chi connectivity index (χ2v) is 11.2. The van der Waals surface area contributed by atoms with Crippen LogP contribution >= 0.6 is 0 Å². The van der Waals surface area contributed by atoms with Crippen LogP contribution in [0.25, 0.3) is 0 Å². The van der Waals surface area contributed by atoms with Crippen LogP contribution in [0.2, 0.25) is 0 Å². The van der Waals surface area contributed by atoms with Gasteiger partial charge in [0.1, 0.15) is 0 Å². The van der Waals surface area contributed by atoms with Crippen LogP contribution in [0, 0.1) is 47.1 Å². The molecule has 3 aliphatic carbocycles. The lowest BCUT2D eigenvalue weighted by Gasteiger charge is -2.37. The highest BCUT2D eigenvalue weighted by molar-refractivity contribution is 5.35. The molecule has 0 unspecified atom stereocenters. The third-order valence-electron chi connectivity index (χ3n) is 8.71. The van der Waals surface area contributed by atoms with Gasteiger partial charge in [0.05, 0.1) is 13.2 Å². The Morgan fingerprint density at radius 1 is 0.594 bits per heavy atom. The Morgan fingerprint density at radius 2 is 0.938 bits per heavy atom. The predicted octanol–water partition coefficient (Wildman–Crippen LogP) is 8.18. The van der Waals surface area contributed by atoms with Gasteiger partial charge in [0.15, 0.2) is 11.5 Å². The smallest absolute Gasteiger partial charge is 0.204 e.